The van der Waals surface area contributed by atoms with Crippen molar-refractivity contribution in [1.82, 2.24) is 0 Å². The van der Waals surface area contributed by atoms with Gasteiger partial charge < -0.3 is 5.48 Å². The number of isocyanates is 1. The molecule has 0 aromatic heterocycles. The van der Waals surface area contributed by atoms with Crippen LogP contribution in [0.1, 0.15) is 6.92 Å². The van der Waals surface area contributed by atoms with Crippen LogP contribution in [0.25, 0.3) is 0 Å². The van der Waals surface area contributed by atoms with E-state index in [2.05, 4.69) is 4.99 Å². The molecule has 0 radical (unpaired) electrons. The monoisotopic (exact) mass is 89.0 g/mol. The van der Waals surface area contributed by atoms with Gasteiger partial charge in [0.25, 0.3) is 0 Å². The molecule has 2 N–H and O–H groups in total. The van der Waals surface area contributed by atoms with Crippen molar-refractivity contribution in [3.63, 3.8) is 0 Å². The van der Waals surface area contributed by atoms with Crippen molar-refractivity contribution in [3.8, 4) is 0 Å². The maximum atomic E-state index is 9.11. The largest absolute Gasteiger partial charge is 0.412 e. The molecule has 0 amide bonds. The molecule has 0 aromatic carbocycles. The average Bonchev–Trinajstić information content (AvgIpc) is 1.41. The van der Waals surface area contributed by atoms with Crippen molar-refractivity contribution in [3.05, 3.63) is 0 Å². The topological polar surface area (TPSA) is 60.9 Å². The van der Waals surface area contributed by atoms with Crippen LogP contribution in [0.4, 0.5) is 0 Å². The molecule has 0 aliphatic rings. The van der Waals surface area contributed by atoms with E-state index in [0.29, 0.717) is 6.54 Å². The fourth-order valence-electron chi connectivity index (χ4n) is 0.0645. The van der Waals surface area contributed by atoms with Crippen molar-refractivity contribution >= 4 is 6.08 Å². The summed E-state index contributed by atoms with van der Waals surface area (Å²) in [5.74, 6) is 0. The lowest BCUT2D eigenvalue weighted by atomic mass is 10.8. The predicted molar refractivity (Wildman–Crippen MR) is 22.3 cm³/mol. The Bertz CT molecular complexity index is 55.8. The molecule has 0 aromatic rings. The van der Waals surface area contributed by atoms with E-state index in [4.69, 9.17) is 4.79 Å². The Morgan fingerprint density at radius 1 is 1.83 bits per heavy atom. The summed E-state index contributed by atoms with van der Waals surface area (Å²) in [6.07, 6.45) is 1.39. The molecule has 0 atom stereocenters. The van der Waals surface area contributed by atoms with Crippen LogP contribution in [0.5, 0.6) is 0 Å². The zero-order valence-corrected chi connectivity index (χ0v) is 3.56. The fourth-order valence-corrected chi connectivity index (χ4v) is 0.0645. The summed E-state index contributed by atoms with van der Waals surface area (Å²) in [7, 11) is 0. The lowest BCUT2D eigenvalue weighted by molar-refractivity contribution is 0.563. The maximum Gasteiger partial charge on any atom is 0.234 e. The van der Waals surface area contributed by atoms with E-state index in [-0.39, 0.29) is 5.48 Å². The second kappa shape index (κ2) is 8.84. The number of nitrogens with zero attached hydrogens (tertiary/aromatic N) is 1. The molecule has 3 nitrogen and oxygen atoms in total. The highest BCUT2D eigenvalue weighted by Gasteiger charge is 1.52. The summed E-state index contributed by atoms with van der Waals surface area (Å²) in [4.78, 5) is 12.3. The lowest BCUT2D eigenvalue weighted by Crippen LogP contribution is -1.58. The minimum atomic E-state index is 0. The second-order valence-corrected chi connectivity index (χ2v) is 0.566. The van der Waals surface area contributed by atoms with Crippen LogP contribution in [0.15, 0.2) is 4.99 Å². The van der Waals surface area contributed by atoms with Crippen LogP contribution >= 0.6 is 0 Å². The molecule has 3 heteroatoms. The van der Waals surface area contributed by atoms with E-state index >= 15 is 0 Å². The summed E-state index contributed by atoms with van der Waals surface area (Å²) in [5, 5.41) is 0. The van der Waals surface area contributed by atoms with E-state index in [1.54, 1.807) is 6.92 Å². The Hall–Kier alpha value is -0.660. The van der Waals surface area contributed by atoms with Gasteiger partial charge in [0.05, 0.1) is 0 Å². The van der Waals surface area contributed by atoms with Gasteiger partial charge in [-0.15, -0.1) is 0 Å². The smallest absolute Gasteiger partial charge is 0.234 e. The molecule has 0 bridgehead atoms. The first-order valence-corrected chi connectivity index (χ1v) is 1.45. The molecule has 0 spiro atoms. The van der Waals surface area contributed by atoms with Crippen molar-refractivity contribution in [2.24, 2.45) is 4.99 Å². The Kier molecular flexibility index (Phi) is 13.3. The summed E-state index contributed by atoms with van der Waals surface area (Å²) < 4.78 is 0. The van der Waals surface area contributed by atoms with Crippen LogP contribution in [0, 0.1) is 0 Å². The molecule has 0 fully saturated rings. The third-order valence-corrected chi connectivity index (χ3v) is 0.223. The Morgan fingerprint density at radius 2 is 2.33 bits per heavy atom. The Labute approximate surface area is 36.0 Å². The molecular weight excluding hydrogens is 82.0 g/mol. The van der Waals surface area contributed by atoms with Crippen molar-refractivity contribution in [2.75, 3.05) is 6.54 Å². The molecule has 0 aliphatic carbocycles. The van der Waals surface area contributed by atoms with Gasteiger partial charge in [-0.05, 0) is 6.92 Å². The maximum absolute atomic E-state index is 9.11. The van der Waals surface area contributed by atoms with Crippen LogP contribution in [0.2, 0.25) is 0 Å². The fraction of sp³-hybridized carbons (Fsp3) is 0.667. The zero-order valence-electron chi connectivity index (χ0n) is 3.56. The second-order valence-electron chi connectivity index (χ2n) is 0.566. The third-order valence-electron chi connectivity index (χ3n) is 0.223. The summed E-state index contributed by atoms with van der Waals surface area (Å²) in [6.45, 7) is 2.33. The van der Waals surface area contributed by atoms with E-state index in [1.807, 2.05) is 0 Å². The van der Waals surface area contributed by atoms with E-state index in [1.165, 1.54) is 6.08 Å². The SMILES string of the molecule is CCN=C=O.O. The first kappa shape index (κ1) is 9.02. The van der Waals surface area contributed by atoms with E-state index in [0.717, 1.165) is 0 Å². The summed E-state index contributed by atoms with van der Waals surface area (Å²) in [6, 6.07) is 0. The number of carbonyl (C=O) groups excluding carboxylic acids is 1. The summed E-state index contributed by atoms with van der Waals surface area (Å²) >= 11 is 0. The van der Waals surface area contributed by atoms with Gasteiger partial charge in [0, 0.05) is 6.54 Å². The van der Waals surface area contributed by atoms with Crippen LogP contribution < -0.4 is 0 Å². The Balaban J connectivity index is 0. The van der Waals surface area contributed by atoms with E-state index < -0.39 is 0 Å². The molecule has 0 aliphatic heterocycles. The van der Waals surface area contributed by atoms with Gasteiger partial charge in [-0.1, -0.05) is 0 Å². The van der Waals surface area contributed by atoms with Crippen molar-refractivity contribution < 1.29 is 10.3 Å². The van der Waals surface area contributed by atoms with Crippen LogP contribution in [-0.2, 0) is 4.79 Å². The number of aliphatic imine (C=N–C) groups is 1. The average molecular weight is 89.1 g/mol. The van der Waals surface area contributed by atoms with Crippen molar-refractivity contribution in [1.29, 1.82) is 0 Å². The highest BCUT2D eigenvalue weighted by Crippen LogP contribution is 1.52. The van der Waals surface area contributed by atoms with Gasteiger partial charge >= 0.3 is 0 Å². The normalized spacial score (nSPS) is 4.83. The summed E-state index contributed by atoms with van der Waals surface area (Å²) in [5.41, 5.74) is 0. The minimum Gasteiger partial charge on any atom is -0.412 e. The first-order chi connectivity index (χ1) is 2.41. The van der Waals surface area contributed by atoms with Gasteiger partial charge in [0.15, 0.2) is 0 Å². The zero-order chi connectivity index (χ0) is 4.12. The molecule has 0 unspecified atom stereocenters. The lowest BCUT2D eigenvalue weighted by Gasteiger charge is -1.58. The standard InChI is InChI=1S/C3H5NO.H2O/c1-2-4-3-5;/h2H2,1H3;1H2. The van der Waals surface area contributed by atoms with Gasteiger partial charge in [-0.25, -0.2) is 9.79 Å². The number of hydrogen-bond acceptors (Lipinski definition) is 2. The predicted octanol–water partition coefficient (Wildman–Crippen LogP) is -0.483. The minimum absolute atomic E-state index is 0. The van der Waals surface area contributed by atoms with Crippen LogP contribution in [-0.4, -0.2) is 18.1 Å². The molecule has 36 valence electrons. The number of rotatable bonds is 1. The molecule has 0 saturated carbocycles. The molecule has 0 heterocycles. The van der Waals surface area contributed by atoms with Crippen molar-refractivity contribution in [2.45, 2.75) is 6.92 Å². The molecule has 0 rings (SSSR count). The van der Waals surface area contributed by atoms with Gasteiger partial charge in [0.2, 0.25) is 6.08 Å². The molecule has 0 saturated heterocycles. The third kappa shape index (κ3) is 10.2. The van der Waals surface area contributed by atoms with E-state index in [9.17, 15) is 0 Å². The highest BCUT2D eigenvalue weighted by atomic mass is 16.1. The quantitative estimate of drug-likeness (QED) is 0.316. The van der Waals surface area contributed by atoms with Gasteiger partial charge in [-0.3, -0.25) is 0 Å². The molecule has 6 heavy (non-hydrogen) atoms. The molecular formula is C3H7NO2. The van der Waals surface area contributed by atoms with Crippen LogP contribution in [0.3, 0.4) is 0 Å². The van der Waals surface area contributed by atoms with Gasteiger partial charge in [0.1, 0.15) is 0 Å². The Morgan fingerprint density at radius 3 is 2.33 bits per heavy atom. The first-order valence-electron chi connectivity index (χ1n) is 1.45. The van der Waals surface area contributed by atoms with Gasteiger partial charge in [-0.2, -0.15) is 0 Å². The highest BCUT2D eigenvalue weighted by molar-refractivity contribution is 5.32. The number of hydrogen-bond donors (Lipinski definition) is 0.